The molecule has 0 saturated heterocycles. The van der Waals surface area contributed by atoms with Gasteiger partial charge in [0, 0.05) is 5.56 Å². The molecule has 0 aliphatic carbocycles. The summed E-state index contributed by atoms with van der Waals surface area (Å²) in [6.45, 7) is 1.52. The molecular weight excluding hydrogens is 150 g/mol. The van der Waals surface area contributed by atoms with E-state index in [2.05, 4.69) is 0 Å². The number of benzene rings is 1. The molecule has 0 aliphatic heterocycles. The lowest BCUT2D eigenvalue weighted by Gasteiger charge is -1.95. The second-order valence-electron chi connectivity index (χ2n) is 2.45. The number of Topliss-reactive ketones (excluding diaryl/α,β-unsaturated/α-hetero) is 1. The molecule has 2 heteroatoms. The number of hydrogen-bond donors (Lipinski definition) is 0. The Balaban J connectivity index is 3.00. The highest BCUT2D eigenvalue weighted by Crippen LogP contribution is 2.05. The Morgan fingerprint density at radius 1 is 1.42 bits per heavy atom. The van der Waals surface area contributed by atoms with Crippen molar-refractivity contribution >= 4 is 17.7 Å². The minimum absolute atomic E-state index is 0.0403. The molecule has 0 amide bonds. The third kappa shape index (κ3) is 1.91. The summed E-state index contributed by atoms with van der Waals surface area (Å²) in [4.78, 5) is 10.8. The van der Waals surface area contributed by atoms with Gasteiger partial charge in [-0.2, -0.15) is 0 Å². The number of rotatable bonds is 2. The van der Waals surface area contributed by atoms with Crippen LogP contribution in [0.2, 0.25) is 0 Å². The standard InChI is InChI=1S/C10H8NO/c1-8(12)10-4-2-9(3-5-10)6-7-11/h2-6H,1H3/q-1. The molecule has 2 nitrogen and oxygen atoms in total. The minimum Gasteiger partial charge on any atom is -0.763 e. The first-order valence-corrected chi connectivity index (χ1v) is 3.58. The molecule has 0 radical (unpaired) electrons. The molecule has 0 unspecified atom stereocenters. The highest BCUT2D eigenvalue weighted by molar-refractivity contribution is 5.94. The van der Waals surface area contributed by atoms with E-state index in [9.17, 15) is 4.79 Å². The Labute approximate surface area is 71.0 Å². The molecule has 0 atom stereocenters. The average Bonchev–Trinajstić information content (AvgIpc) is 2.06. The molecule has 0 bridgehead atoms. The highest BCUT2D eigenvalue weighted by Gasteiger charge is 1.95. The molecule has 0 aliphatic rings. The van der Waals surface area contributed by atoms with E-state index >= 15 is 0 Å². The summed E-state index contributed by atoms with van der Waals surface area (Å²) < 4.78 is 0. The Hall–Kier alpha value is -1.66. The highest BCUT2D eigenvalue weighted by atomic mass is 16.1. The van der Waals surface area contributed by atoms with E-state index in [-0.39, 0.29) is 5.78 Å². The van der Waals surface area contributed by atoms with Crippen LogP contribution in [0.1, 0.15) is 22.8 Å². The molecule has 1 rings (SSSR count). The molecule has 60 valence electrons. The summed E-state index contributed by atoms with van der Waals surface area (Å²) >= 11 is 0. The van der Waals surface area contributed by atoms with Crippen molar-refractivity contribution in [1.29, 1.82) is 0 Å². The molecule has 1 aromatic carbocycles. The van der Waals surface area contributed by atoms with Crippen molar-refractivity contribution in [2.45, 2.75) is 6.92 Å². The van der Waals surface area contributed by atoms with Crippen LogP contribution in [-0.2, 0) is 0 Å². The fraction of sp³-hybridized carbons (Fsp3) is 0.100. The van der Waals surface area contributed by atoms with E-state index in [1.165, 1.54) is 13.0 Å². The number of carbonyl (C=O) groups excluding carboxylic acids is 1. The van der Waals surface area contributed by atoms with Crippen LogP contribution in [-0.4, -0.2) is 11.7 Å². The maximum absolute atomic E-state index is 10.8. The number of ketones is 1. The third-order valence-corrected chi connectivity index (χ3v) is 1.55. The van der Waals surface area contributed by atoms with Gasteiger partial charge in [0.2, 0.25) is 0 Å². The van der Waals surface area contributed by atoms with E-state index in [1.54, 1.807) is 24.3 Å². The maximum Gasteiger partial charge on any atom is 0.159 e. The first-order valence-electron chi connectivity index (χ1n) is 3.58. The molecule has 0 aromatic heterocycles. The lowest BCUT2D eigenvalue weighted by Crippen LogP contribution is -1.90. The van der Waals surface area contributed by atoms with Gasteiger partial charge >= 0.3 is 0 Å². The van der Waals surface area contributed by atoms with Crippen molar-refractivity contribution in [2.24, 2.45) is 0 Å². The van der Waals surface area contributed by atoms with Crippen LogP contribution in [0, 0.1) is 0 Å². The van der Waals surface area contributed by atoms with Crippen molar-refractivity contribution in [1.82, 2.24) is 0 Å². The summed E-state index contributed by atoms with van der Waals surface area (Å²) in [5, 5.41) is 8.33. The molecule has 0 N–H and O–H groups in total. The third-order valence-electron chi connectivity index (χ3n) is 1.55. The van der Waals surface area contributed by atoms with Gasteiger partial charge in [-0.1, -0.05) is 24.3 Å². The zero-order valence-corrected chi connectivity index (χ0v) is 6.74. The second-order valence-corrected chi connectivity index (χ2v) is 2.45. The van der Waals surface area contributed by atoms with E-state index in [4.69, 9.17) is 5.41 Å². The molecule has 1 aromatic rings. The normalized spacial score (nSPS) is 8.75. The number of carbonyl (C=O) groups is 1. The molecule has 0 saturated carbocycles. The predicted octanol–water partition coefficient (Wildman–Crippen LogP) is 2.14. The fourth-order valence-electron chi connectivity index (χ4n) is 0.889. The Kier molecular flexibility index (Phi) is 2.57. The van der Waals surface area contributed by atoms with Gasteiger partial charge in [0.15, 0.2) is 5.78 Å². The van der Waals surface area contributed by atoms with Crippen LogP contribution in [0.25, 0.3) is 11.5 Å². The maximum atomic E-state index is 10.8. The zero-order chi connectivity index (χ0) is 8.97. The Morgan fingerprint density at radius 3 is 2.42 bits per heavy atom. The second kappa shape index (κ2) is 3.65. The van der Waals surface area contributed by atoms with E-state index in [1.807, 2.05) is 5.87 Å². The Morgan fingerprint density at radius 2 is 2.00 bits per heavy atom. The lowest BCUT2D eigenvalue weighted by atomic mass is 10.1. The van der Waals surface area contributed by atoms with Gasteiger partial charge in [0.05, 0.1) is 0 Å². The summed E-state index contributed by atoms with van der Waals surface area (Å²) in [7, 11) is 0. The van der Waals surface area contributed by atoms with E-state index < -0.39 is 0 Å². The van der Waals surface area contributed by atoms with Crippen LogP contribution >= 0.6 is 0 Å². The molecule has 0 spiro atoms. The van der Waals surface area contributed by atoms with Crippen LogP contribution in [0.3, 0.4) is 0 Å². The SMILES string of the molecule is CC(=O)c1ccc(C=C=[N-])cc1. The van der Waals surface area contributed by atoms with Crippen molar-refractivity contribution < 1.29 is 4.79 Å². The fourth-order valence-corrected chi connectivity index (χ4v) is 0.889. The first kappa shape index (κ1) is 8.44. The van der Waals surface area contributed by atoms with Gasteiger partial charge < -0.3 is 5.41 Å². The van der Waals surface area contributed by atoms with Gasteiger partial charge in [-0.15, -0.1) is 0 Å². The van der Waals surface area contributed by atoms with Crippen molar-refractivity contribution in [2.75, 3.05) is 0 Å². The van der Waals surface area contributed by atoms with Crippen molar-refractivity contribution in [3.05, 3.63) is 40.8 Å². The van der Waals surface area contributed by atoms with E-state index in [0.29, 0.717) is 5.56 Å². The number of hydrogen-bond acceptors (Lipinski definition) is 1. The Bertz CT molecular complexity index is 310. The summed E-state index contributed by atoms with van der Waals surface area (Å²) in [5.74, 6) is 1.96. The minimum atomic E-state index is 0.0403. The van der Waals surface area contributed by atoms with Gasteiger partial charge in [-0.25, -0.2) is 0 Å². The average molecular weight is 158 g/mol. The lowest BCUT2D eigenvalue weighted by molar-refractivity contribution is 0.101. The van der Waals surface area contributed by atoms with E-state index in [0.717, 1.165) is 5.56 Å². The van der Waals surface area contributed by atoms with Gasteiger partial charge in [-0.05, 0) is 18.6 Å². The smallest absolute Gasteiger partial charge is 0.159 e. The molecule has 0 fully saturated rings. The largest absolute Gasteiger partial charge is 0.763 e. The van der Waals surface area contributed by atoms with Crippen LogP contribution in [0.15, 0.2) is 24.3 Å². The van der Waals surface area contributed by atoms with Gasteiger partial charge in [-0.3, -0.25) is 10.7 Å². The zero-order valence-electron chi connectivity index (χ0n) is 6.74. The van der Waals surface area contributed by atoms with Crippen LogP contribution in [0.4, 0.5) is 0 Å². The van der Waals surface area contributed by atoms with Gasteiger partial charge in [0.1, 0.15) is 0 Å². The van der Waals surface area contributed by atoms with Crippen molar-refractivity contribution in [3.63, 3.8) is 0 Å². The molecule has 0 heterocycles. The molecule has 12 heavy (non-hydrogen) atoms. The first-order chi connectivity index (χ1) is 5.74. The monoisotopic (exact) mass is 158 g/mol. The van der Waals surface area contributed by atoms with Gasteiger partial charge in [0.25, 0.3) is 0 Å². The topological polar surface area (TPSA) is 39.4 Å². The summed E-state index contributed by atoms with van der Waals surface area (Å²) in [6.07, 6.45) is 1.43. The van der Waals surface area contributed by atoms with Crippen molar-refractivity contribution in [3.8, 4) is 0 Å². The predicted molar refractivity (Wildman–Crippen MR) is 49.3 cm³/mol. The summed E-state index contributed by atoms with van der Waals surface area (Å²) in [5.41, 5.74) is 1.49. The van der Waals surface area contributed by atoms with Crippen LogP contribution < -0.4 is 0 Å². The van der Waals surface area contributed by atoms with Crippen LogP contribution in [0.5, 0.6) is 0 Å². The summed E-state index contributed by atoms with van der Waals surface area (Å²) in [6, 6.07) is 6.93. The number of nitrogens with zero attached hydrogens (tertiary/aromatic N) is 1. The quantitative estimate of drug-likeness (QED) is 0.480. The molecular formula is C10H8NO-.